The van der Waals surface area contributed by atoms with Crippen LogP contribution in [0.1, 0.15) is 41.6 Å². The van der Waals surface area contributed by atoms with Crippen molar-refractivity contribution in [1.82, 2.24) is 10.2 Å². The molecule has 2 aliphatic heterocycles. The Morgan fingerprint density at radius 3 is 2.46 bits per heavy atom. The first-order chi connectivity index (χ1) is 12.3. The summed E-state index contributed by atoms with van der Waals surface area (Å²) in [6.07, 6.45) is 5.31. The molecule has 3 N–H and O–H groups in total. The number of likely N-dealkylation sites (N-methyl/N-ethyl adjacent to an activating group) is 1. The Labute approximate surface area is 154 Å². The fourth-order valence-corrected chi connectivity index (χ4v) is 4.42. The highest BCUT2D eigenvalue weighted by Gasteiger charge is 2.56. The largest absolute Gasteiger partial charge is 0.367 e. The molecule has 3 unspecified atom stereocenters. The van der Waals surface area contributed by atoms with Crippen LogP contribution in [0, 0.1) is 6.42 Å². The minimum absolute atomic E-state index is 0.147. The van der Waals surface area contributed by atoms with Gasteiger partial charge in [-0.1, -0.05) is 12.1 Å². The first-order valence-electron chi connectivity index (χ1n) is 9.24. The maximum atomic E-state index is 12.6. The van der Waals surface area contributed by atoms with Crippen molar-refractivity contribution >= 4 is 11.8 Å². The molecule has 6 nitrogen and oxygen atoms in total. The molecule has 2 heterocycles. The lowest BCUT2D eigenvalue weighted by Gasteiger charge is -2.24. The van der Waals surface area contributed by atoms with Gasteiger partial charge in [0.05, 0.1) is 12.1 Å². The van der Waals surface area contributed by atoms with E-state index in [1.165, 1.54) is 18.4 Å². The van der Waals surface area contributed by atoms with Crippen LogP contribution in [0.5, 0.6) is 0 Å². The van der Waals surface area contributed by atoms with Crippen molar-refractivity contribution in [3.8, 4) is 0 Å². The second kappa shape index (κ2) is 6.06. The van der Waals surface area contributed by atoms with Gasteiger partial charge in [0.1, 0.15) is 0 Å². The molecule has 26 heavy (non-hydrogen) atoms. The SMILES string of the molecule is CN(C)CC1(c2ccc(C(=O)NC3[CH]C4(C(N)=O)CCC3O4)cc2)CC1. The Balaban J connectivity index is 1.41. The van der Waals surface area contributed by atoms with Crippen LogP contribution in [0.2, 0.25) is 0 Å². The number of nitrogens with zero attached hydrogens (tertiary/aromatic N) is 1. The zero-order valence-electron chi connectivity index (χ0n) is 15.3. The number of amides is 2. The number of hydrogen-bond acceptors (Lipinski definition) is 4. The number of ether oxygens (including phenoxy) is 1. The van der Waals surface area contributed by atoms with Gasteiger partial charge in [0, 0.05) is 23.9 Å². The van der Waals surface area contributed by atoms with Gasteiger partial charge in [0.25, 0.3) is 5.91 Å². The Kier molecular flexibility index (Phi) is 4.08. The number of rotatable bonds is 6. The summed E-state index contributed by atoms with van der Waals surface area (Å²) in [6.45, 7) is 1.03. The van der Waals surface area contributed by atoms with E-state index in [2.05, 4.69) is 36.4 Å². The van der Waals surface area contributed by atoms with Gasteiger partial charge in [-0.3, -0.25) is 9.59 Å². The molecule has 2 bridgehead atoms. The summed E-state index contributed by atoms with van der Waals surface area (Å²) in [5.74, 6) is -0.622. The minimum atomic E-state index is -1.00. The maximum absolute atomic E-state index is 12.6. The van der Waals surface area contributed by atoms with E-state index in [-0.39, 0.29) is 23.5 Å². The Morgan fingerprint density at radius 2 is 1.92 bits per heavy atom. The second-order valence-corrected chi connectivity index (χ2v) is 8.21. The minimum Gasteiger partial charge on any atom is -0.367 e. The van der Waals surface area contributed by atoms with Crippen molar-refractivity contribution in [2.45, 2.75) is 48.8 Å². The number of benzene rings is 1. The van der Waals surface area contributed by atoms with Crippen LogP contribution in [-0.2, 0) is 14.9 Å². The van der Waals surface area contributed by atoms with Gasteiger partial charge >= 0.3 is 0 Å². The zero-order valence-corrected chi connectivity index (χ0v) is 15.3. The third kappa shape index (κ3) is 2.91. The highest BCUT2D eigenvalue weighted by molar-refractivity contribution is 5.95. The fraction of sp³-hybridized carbons (Fsp3) is 0.550. The van der Waals surface area contributed by atoms with Crippen LogP contribution in [0.15, 0.2) is 24.3 Å². The molecule has 2 amide bonds. The van der Waals surface area contributed by atoms with Gasteiger partial charge in [-0.2, -0.15) is 0 Å². The highest BCUT2D eigenvalue weighted by atomic mass is 16.5. The molecule has 1 aromatic rings. The van der Waals surface area contributed by atoms with Crippen molar-refractivity contribution < 1.29 is 14.3 Å². The van der Waals surface area contributed by atoms with E-state index >= 15 is 0 Å². The number of carbonyl (C=O) groups is 2. The summed E-state index contributed by atoms with van der Waals surface area (Å²) in [6, 6.07) is 7.64. The van der Waals surface area contributed by atoms with Gasteiger partial charge in [-0.15, -0.1) is 0 Å². The Bertz CT molecular complexity index is 726. The van der Waals surface area contributed by atoms with Gasteiger partial charge in [-0.25, -0.2) is 0 Å². The average molecular weight is 356 g/mol. The quantitative estimate of drug-likeness (QED) is 0.796. The number of nitrogens with one attached hydrogen (secondary N) is 1. The summed E-state index contributed by atoms with van der Waals surface area (Å²) in [7, 11) is 4.18. The third-order valence-electron chi connectivity index (χ3n) is 5.96. The molecule has 3 atom stereocenters. The molecule has 0 spiro atoms. The van der Waals surface area contributed by atoms with Gasteiger partial charge in [0.2, 0.25) is 5.91 Å². The van der Waals surface area contributed by atoms with Crippen molar-refractivity contribution in [2.24, 2.45) is 5.73 Å². The lowest BCUT2D eigenvalue weighted by atomic mass is 9.84. The van der Waals surface area contributed by atoms with E-state index < -0.39 is 11.5 Å². The lowest BCUT2D eigenvalue weighted by Crippen LogP contribution is -2.47. The molecule has 4 rings (SSSR count). The molecular formula is C20H26N3O3. The molecule has 0 aromatic heterocycles. The molecule has 3 fully saturated rings. The van der Waals surface area contributed by atoms with Crippen molar-refractivity contribution in [3.05, 3.63) is 41.8 Å². The monoisotopic (exact) mass is 356 g/mol. The first-order valence-corrected chi connectivity index (χ1v) is 9.24. The Morgan fingerprint density at radius 1 is 1.23 bits per heavy atom. The van der Waals surface area contributed by atoms with Gasteiger partial charge in [-0.05, 0) is 57.5 Å². The maximum Gasteiger partial charge on any atom is 0.251 e. The number of hydrogen-bond donors (Lipinski definition) is 2. The summed E-state index contributed by atoms with van der Waals surface area (Å²) in [5, 5.41) is 2.98. The summed E-state index contributed by atoms with van der Waals surface area (Å²) < 4.78 is 5.73. The molecule has 1 aromatic carbocycles. The number of fused-ring (bicyclic) bond motifs is 2. The van der Waals surface area contributed by atoms with E-state index in [0.29, 0.717) is 12.0 Å². The van der Waals surface area contributed by atoms with E-state index in [9.17, 15) is 9.59 Å². The standard InChI is InChI=1S/C20H26N3O3/c1-23(2)12-19(9-10-19)14-5-3-13(4-6-14)17(24)22-15-11-20(18(21)25)8-7-16(15)26-20/h3-6,11,15-16H,7-10,12H2,1-2H3,(H2,21,25)(H,22,24). The van der Waals surface area contributed by atoms with Gasteiger partial charge in [0.15, 0.2) is 5.60 Å². The zero-order chi connectivity index (χ0) is 18.5. The second-order valence-electron chi connectivity index (χ2n) is 8.21. The lowest BCUT2D eigenvalue weighted by molar-refractivity contribution is -0.133. The smallest absolute Gasteiger partial charge is 0.251 e. The summed E-state index contributed by atoms with van der Waals surface area (Å²) in [4.78, 5) is 26.5. The summed E-state index contributed by atoms with van der Waals surface area (Å²) in [5.41, 5.74) is 6.63. The molecule has 1 saturated carbocycles. The van der Waals surface area contributed by atoms with Gasteiger partial charge < -0.3 is 20.7 Å². The fourth-order valence-electron chi connectivity index (χ4n) is 4.42. The molecule has 2 saturated heterocycles. The molecular weight excluding hydrogens is 330 g/mol. The van der Waals surface area contributed by atoms with Crippen molar-refractivity contribution in [3.63, 3.8) is 0 Å². The predicted octanol–water partition coefficient (Wildman–Crippen LogP) is 0.999. The number of nitrogens with two attached hydrogens (primary N) is 1. The molecule has 139 valence electrons. The van der Waals surface area contributed by atoms with Crippen molar-refractivity contribution in [2.75, 3.05) is 20.6 Å². The van der Waals surface area contributed by atoms with Crippen LogP contribution in [0.4, 0.5) is 0 Å². The van der Waals surface area contributed by atoms with Crippen LogP contribution >= 0.6 is 0 Å². The number of carbonyl (C=O) groups excluding carboxylic acids is 2. The third-order valence-corrected chi connectivity index (χ3v) is 5.96. The van der Waals surface area contributed by atoms with Crippen LogP contribution in [-0.4, -0.2) is 55.1 Å². The Hall–Kier alpha value is -1.92. The number of primary amides is 1. The van der Waals surface area contributed by atoms with Crippen LogP contribution in [0.25, 0.3) is 0 Å². The van der Waals surface area contributed by atoms with E-state index in [4.69, 9.17) is 10.5 Å². The normalized spacial score (nSPS) is 31.2. The molecule has 3 aliphatic rings. The van der Waals surface area contributed by atoms with Crippen LogP contribution in [0.3, 0.4) is 0 Å². The average Bonchev–Trinajstić information content (AvgIpc) is 3.11. The molecule has 1 radical (unpaired) electrons. The van der Waals surface area contributed by atoms with E-state index in [1.54, 1.807) is 6.42 Å². The van der Waals surface area contributed by atoms with Crippen molar-refractivity contribution in [1.29, 1.82) is 0 Å². The van der Waals surface area contributed by atoms with E-state index in [0.717, 1.165) is 13.0 Å². The predicted molar refractivity (Wildman–Crippen MR) is 97.5 cm³/mol. The highest BCUT2D eigenvalue weighted by Crippen LogP contribution is 2.48. The summed E-state index contributed by atoms with van der Waals surface area (Å²) >= 11 is 0. The molecule has 1 aliphatic carbocycles. The first kappa shape index (κ1) is 17.5. The van der Waals surface area contributed by atoms with Crippen LogP contribution < -0.4 is 11.1 Å². The molecule has 6 heteroatoms. The van der Waals surface area contributed by atoms with E-state index in [1.807, 2.05) is 12.1 Å². The topological polar surface area (TPSA) is 84.7 Å².